The van der Waals surface area contributed by atoms with Crippen molar-refractivity contribution in [2.45, 2.75) is 32.0 Å². The zero-order valence-electron chi connectivity index (χ0n) is 20.2. The van der Waals surface area contributed by atoms with Gasteiger partial charge in [0, 0.05) is 0 Å². The largest absolute Gasteiger partial charge is 0.418 e. The highest BCUT2D eigenvalue weighted by atomic mass is 19.2. The van der Waals surface area contributed by atoms with Crippen LogP contribution >= 0.6 is 0 Å². The highest BCUT2D eigenvalue weighted by Gasteiger charge is 2.52. The third kappa shape index (κ3) is 4.53. The lowest BCUT2D eigenvalue weighted by molar-refractivity contribution is -0.542. The van der Waals surface area contributed by atoms with E-state index in [9.17, 15) is 26.3 Å². The molecule has 0 amide bonds. The topological polar surface area (TPSA) is 3.88 Å². The number of allylic oxidation sites excluding steroid dienone is 3. The standard InChI is InChI=1S/C27H20BF10N/c1-2-14-9-5-3-6-10-15(14)13-28(39-11-7-4-8-12-39,16-18(29)22(33)26(37)23(34)19(16)30)17-20(31)24(35)27(38)25(36)21(17)32/h2,4,7-8,10-12,14H,1,3,5-6,9,13H2/t14-/m0/s1. The van der Waals surface area contributed by atoms with Crippen LogP contribution in [0.3, 0.4) is 0 Å². The Morgan fingerprint density at radius 2 is 1.10 bits per heavy atom. The van der Waals surface area contributed by atoms with E-state index < -0.39 is 87.6 Å². The SMILES string of the molecule is C=C[C@H]1CCCCC=C1C[B-](c1c(F)c(F)c(F)c(F)c1F)(c1c(F)c(F)c(F)c(F)c1F)[n+]1ccccc1. The quantitative estimate of drug-likeness (QED) is 0.110. The highest BCUT2D eigenvalue weighted by molar-refractivity contribution is 6.96. The van der Waals surface area contributed by atoms with Gasteiger partial charge in [-0.05, 0) is 37.3 Å². The maximum Gasteiger partial charge on any atom is 0.347 e. The average molecular weight is 559 g/mol. The minimum absolute atomic E-state index is 0.228. The molecule has 3 aromatic rings. The molecule has 0 fully saturated rings. The number of benzene rings is 2. The van der Waals surface area contributed by atoms with Gasteiger partial charge < -0.3 is 4.48 Å². The fourth-order valence-electron chi connectivity index (χ4n) is 5.52. The molecule has 206 valence electrons. The number of aromatic nitrogens is 1. The molecule has 0 aliphatic heterocycles. The molecule has 4 rings (SSSR count). The van der Waals surface area contributed by atoms with Crippen molar-refractivity contribution in [2.24, 2.45) is 5.92 Å². The molecule has 1 aliphatic rings. The fourth-order valence-corrected chi connectivity index (χ4v) is 5.52. The zero-order valence-corrected chi connectivity index (χ0v) is 20.2. The predicted octanol–water partition coefficient (Wildman–Crippen LogP) is 6.28. The Kier molecular flexibility index (Phi) is 7.95. The van der Waals surface area contributed by atoms with Crippen molar-refractivity contribution in [2.75, 3.05) is 0 Å². The molecule has 0 saturated heterocycles. The summed E-state index contributed by atoms with van der Waals surface area (Å²) in [6.07, 6.45) is 2.01. The third-order valence-corrected chi connectivity index (χ3v) is 7.36. The lowest BCUT2D eigenvalue weighted by Crippen LogP contribution is -2.81. The summed E-state index contributed by atoms with van der Waals surface area (Å²) in [5.41, 5.74) is -3.22. The van der Waals surface area contributed by atoms with Gasteiger partial charge in [-0.15, -0.1) is 6.58 Å². The lowest BCUT2D eigenvalue weighted by atomic mass is 9.24. The van der Waals surface area contributed by atoms with Crippen molar-refractivity contribution >= 4 is 17.2 Å². The van der Waals surface area contributed by atoms with Crippen LogP contribution in [0, 0.1) is 64.1 Å². The second kappa shape index (κ2) is 10.9. The normalized spacial score (nSPS) is 16.2. The van der Waals surface area contributed by atoms with E-state index in [2.05, 4.69) is 6.58 Å². The van der Waals surface area contributed by atoms with Crippen molar-refractivity contribution < 1.29 is 48.4 Å². The molecular formula is C27H20BF10N. The van der Waals surface area contributed by atoms with Gasteiger partial charge in [0.2, 0.25) is 0 Å². The van der Waals surface area contributed by atoms with Gasteiger partial charge in [0.05, 0.1) is 0 Å². The van der Waals surface area contributed by atoms with Gasteiger partial charge in [0.1, 0.15) is 35.7 Å². The Morgan fingerprint density at radius 1 is 0.667 bits per heavy atom. The first-order valence-corrected chi connectivity index (χ1v) is 12.0. The number of rotatable bonds is 6. The number of halogens is 10. The van der Waals surface area contributed by atoms with Gasteiger partial charge in [-0.3, -0.25) is 0 Å². The number of pyridine rings is 1. The molecule has 0 saturated carbocycles. The lowest BCUT2D eigenvalue weighted by Gasteiger charge is -2.38. The second-order valence-electron chi connectivity index (χ2n) is 9.39. The van der Waals surface area contributed by atoms with E-state index in [0.717, 1.165) is 16.9 Å². The molecule has 0 bridgehead atoms. The maximum absolute atomic E-state index is 15.6. The van der Waals surface area contributed by atoms with E-state index >= 15 is 17.6 Å². The summed E-state index contributed by atoms with van der Waals surface area (Å²) in [6.45, 7) is 3.70. The van der Waals surface area contributed by atoms with E-state index in [-0.39, 0.29) is 5.57 Å². The first-order chi connectivity index (χ1) is 18.5. The molecule has 39 heavy (non-hydrogen) atoms. The van der Waals surface area contributed by atoms with Crippen LogP contribution in [0.4, 0.5) is 43.9 Å². The number of hydrogen-bond donors (Lipinski definition) is 0. The van der Waals surface area contributed by atoms with Crippen molar-refractivity contribution in [3.63, 3.8) is 0 Å². The predicted molar refractivity (Wildman–Crippen MR) is 125 cm³/mol. The summed E-state index contributed by atoms with van der Waals surface area (Å²) >= 11 is 0. The number of nitrogens with zero attached hydrogens (tertiary/aromatic N) is 1. The van der Waals surface area contributed by atoms with Crippen LogP contribution in [-0.2, 0) is 0 Å². The first kappa shape index (κ1) is 28.4. The molecule has 1 atom stereocenters. The smallest absolute Gasteiger partial charge is 0.347 e. The molecule has 0 spiro atoms. The molecule has 0 unspecified atom stereocenters. The highest BCUT2D eigenvalue weighted by Crippen LogP contribution is 2.33. The summed E-state index contributed by atoms with van der Waals surface area (Å²) in [6, 6.07) is 3.79. The molecule has 2 aromatic carbocycles. The van der Waals surface area contributed by atoms with Crippen molar-refractivity contribution in [3.8, 4) is 0 Å². The Balaban J connectivity index is 2.28. The van der Waals surface area contributed by atoms with E-state index in [1.165, 1.54) is 24.3 Å². The van der Waals surface area contributed by atoms with Crippen molar-refractivity contribution in [1.29, 1.82) is 0 Å². The minimum Gasteiger partial charge on any atom is -0.418 e. The summed E-state index contributed by atoms with van der Waals surface area (Å²) in [5, 5.41) is 0. The van der Waals surface area contributed by atoms with E-state index in [1.54, 1.807) is 6.08 Å². The van der Waals surface area contributed by atoms with Gasteiger partial charge in [-0.1, -0.05) is 47.5 Å². The molecule has 0 radical (unpaired) electrons. The van der Waals surface area contributed by atoms with Gasteiger partial charge in [-0.2, -0.15) is 0 Å². The van der Waals surface area contributed by atoms with E-state index in [4.69, 9.17) is 0 Å². The molecule has 1 aliphatic carbocycles. The van der Waals surface area contributed by atoms with Crippen molar-refractivity contribution in [3.05, 3.63) is 113 Å². The average Bonchev–Trinajstić information content (AvgIpc) is 3.17. The van der Waals surface area contributed by atoms with E-state index in [1.807, 2.05) is 0 Å². The summed E-state index contributed by atoms with van der Waals surface area (Å²) in [4.78, 5) is 0. The van der Waals surface area contributed by atoms with Crippen molar-refractivity contribution in [1.82, 2.24) is 0 Å². The van der Waals surface area contributed by atoms with Crippen LogP contribution in [0.5, 0.6) is 0 Å². The molecule has 12 heteroatoms. The monoisotopic (exact) mass is 559 g/mol. The van der Waals surface area contributed by atoms with Gasteiger partial charge in [0.25, 0.3) is 0 Å². The van der Waals surface area contributed by atoms with Crippen LogP contribution in [0.1, 0.15) is 25.7 Å². The molecule has 0 N–H and O–H groups in total. The Morgan fingerprint density at radius 3 is 1.54 bits per heavy atom. The molecular weight excluding hydrogens is 539 g/mol. The van der Waals surface area contributed by atoms with Gasteiger partial charge >= 0.3 is 6.28 Å². The van der Waals surface area contributed by atoms with E-state index in [0.29, 0.717) is 25.7 Å². The Labute approximate surface area is 217 Å². The summed E-state index contributed by atoms with van der Waals surface area (Å²) in [7, 11) is 0. The second-order valence-corrected chi connectivity index (χ2v) is 9.39. The summed E-state index contributed by atoms with van der Waals surface area (Å²) < 4.78 is 150. The zero-order chi connectivity index (χ0) is 28.6. The summed E-state index contributed by atoms with van der Waals surface area (Å²) in [5.74, 6) is -25.3. The first-order valence-electron chi connectivity index (χ1n) is 12.0. The maximum atomic E-state index is 15.6. The molecule has 1 aromatic heterocycles. The molecule has 1 heterocycles. The Bertz CT molecular complexity index is 1340. The Hall–Kier alpha value is -3.57. The minimum atomic E-state index is -4.19. The fraction of sp³-hybridized carbons (Fsp3) is 0.222. The van der Waals surface area contributed by atoms with Crippen LogP contribution in [0.25, 0.3) is 0 Å². The van der Waals surface area contributed by atoms with Crippen LogP contribution in [0.2, 0.25) is 6.32 Å². The molecule has 1 nitrogen and oxygen atoms in total. The number of hydrogen-bond acceptors (Lipinski definition) is 0. The third-order valence-electron chi connectivity index (χ3n) is 7.36. The van der Waals surface area contributed by atoms with Crippen LogP contribution in [-0.4, -0.2) is 6.28 Å². The van der Waals surface area contributed by atoms with Crippen LogP contribution < -0.4 is 15.4 Å². The van der Waals surface area contributed by atoms with Crippen LogP contribution in [0.15, 0.2) is 54.9 Å². The van der Waals surface area contributed by atoms with Gasteiger partial charge in [-0.25, -0.2) is 43.9 Å². The van der Waals surface area contributed by atoms with Gasteiger partial charge in [0.15, 0.2) is 34.9 Å².